The van der Waals surface area contributed by atoms with Crippen molar-refractivity contribution >= 4 is 76.6 Å². The van der Waals surface area contributed by atoms with Crippen molar-refractivity contribution in [3.05, 3.63) is 200 Å². The fourth-order valence-electron chi connectivity index (χ4n) is 17.2. The smallest absolute Gasteiger partial charge is 0.408 e. The topological polar surface area (TPSA) is 614 Å². The van der Waals surface area contributed by atoms with Gasteiger partial charge in [-0.05, 0) is 188 Å². The number of amides is 9. The number of nitrogens with two attached hydrogens (primary N) is 2. The van der Waals surface area contributed by atoms with Gasteiger partial charge in [-0.25, -0.2) is 4.79 Å². The molecule has 8 aromatic rings. The average Bonchev–Trinajstić information content (AvgIpc) is 0.753. The number of alkyl carbamates (subject to hydrolysis) is 1. The van der Waals surface area contributed by atoms with E-state index in [1.165, 1.54) is 48.5 Å². The molecule has 0 aromatic heterocycles. The number of phenols is 4. The molecule has 0 radical (unpaired) electrons. The predicted octanol–water partition coefficient (Wildman–Crippen LogP) is 4.95. The second kappa shape index (κ2) is 46.2. The van der Waals surface area contributed by atoms with E-state index < -0.39 is 251 Å². The number of ether oxygens (including phenoxy) is 8. The molecule has 16 rings (SSSR count). The van der Waals surface area contributed by atoms with Gasteiger partial charge in [0, 0.05) is 49.1 Å². The number of nitrogens with one attached hydrogen (secondary N) is 9. The van der Waals surface area contributed by atoms with Crippen molar-refractivity contribution in [2.75, 3.05) is 52.5 Å². The highest BCUT2D eigenvalue weighted by atomic mass is 35.5. The molecular formula is C97H112Cl2N12O28. The van der Waals surface area contributed by atoms with Crippen molar-refractivity contribution in [2.24, 2.45) is 17.4 Å². The number of aromatic hydroxyl groups is 4. The first kappa shape index (κ1) is 102. The number of aliphatic hydroxyl groups is 7. The second-order valence-corrected chi connectivity index (χ2v) is 36.0. The standard InChI is InChI=1S/C97H112Cl2N12O28/c1-47(2)13-6-3-4-9-16-74(118)105-81-84(121)82(119)72(44-112)137-95(81)139-87-70-39-54-40-71(87)135-67-24-18-50(32-61(67)99)34-63-89(125)109-80(90(126)102-27-12-30-111(28-10-25-100)29-11-26-101)59-42-56(115)43-69(136-96-86(123)85(122)83(120)73(45-113)138-96)75(59)58-37-51(19-21-64(58)116)76(91(127)103-63)107-94(130)79(54)108-93(129)78-53-35-55(114)41-57(36-53)133-68-38-52(20-22-65(68)117)77(110-97(131)132-46-48-14-7-5-8-15-48)92(128)104-62(88(124)106-78)33-49-17-23-66(134-70)60(98)31-49/h5,7-8,14-15,17-24,31-32,35-43,47,62-63,72-73,76-86,95-96,112-117,119-123H,3-4,6,9-13,16,25-30,33-34,44-46,100-101H2,1-2H3,(H,102,126)(H,103,127)(H,104,128)(H,105,118)(H,106,124)(H,107,130)(H,108,129)(H,109,125)(H,110,131)/t62-,63+,72-,73-,76-,77+,78+,79-,80-,81-,82-,83-,84-,85+,86+,95+,96+/m1/s1. The largest absolute Gasteiger partial charge is 0.508 e. The number of nitrogens with zero attached hydrogens (tertiary/aromatic N) is 1. The van der Waals surface area contributed by atoms with Gasteiger partial charge in [-0.1, -0.05) is 117 Å². The molecule has 2 saturated heterocycles. The quantitative estimate of drug-likeness (QED) is 0.0288. The summed E-state index contributed by atoms with van der Waals surface area (Å²) in [5, 5.41) is 151. The van der Waals surface area contributed by atoms with Crippen LogP contribution in [0.25, 0.3) is 11.1 Å². The molecule has 0 spiro atoms. The number of aliphatic hydroxyl groups excluding tert-OH is 7. The van der Waals surface area contributed by atoms with Crippen LogP contribution < -0.4 is 83.0 Å². The van der Waals surface area contributed by atoms with Crippen LogP contribution in [0.4, 0.5) is 4.79 Å². The van der Waals surface area contributed by atoms with E-state index in [2.05, 4.69) is 66.6 Å². The van der Waals surface area contributed by atoms with E-state index in [1.54, 1.807) is 30.3 Å². The van der Waals surface area contributed by atoms with Crippen LogP contribution in [-0.4, -0.2) is 240 Å². The zero-order chi connectivity index (χ0) is 99.2. The third-order valence-corrected chi connectivity index (χ3v) is 25.1. The Morgan fingerprint density at radius 2 is 1.07 bits per heavy atom. The van der Waals surface area contributed by atoms with Gasteiger partial charge in [0.15, 0.2) is 23.0 Å². The van der Waals surface area contributed by atoms with E-state index in [-0.39, 0.29) is 86.7 Å². The summed E-state index contributed by atoms with van der Waals surface area (Å²) >= 11 is 14.7. The highest BCUT2D eigenvalue weighted by molar-refractivity contribution is 6.32. The second-order valence-electron chi connectivity index (χ2n) is 35.1. The summed E-state index contributed by atoms with van der Waals surface area (Å²) in [6.45, 7) is 4.23. The Bertz CT molecular complexity index is 5800. The van der Waals surface area contributed by atoms with Crippen LogP contribution in [0, 0.1) is 5.92 Å². The van der Waals surface area contributed by atoms with Crippen LogP contribution in [0.15, 0.2) is 146 Å². The maximum absolute atomic E-state index is 17.0. The zero-order valence-electron chi connectivity index (χ0n) is 75.6. The fourth-order valence-corrected chi connectivity index (χ4v) is 17.7. The van der Waals surface area contributed by atoms with Crippen molar-refractivity contribution in [1.82, 2.24) is 52.8 Å². The molecular weight excluding hydrogens is 1850 g/mol. The molecule has 8 aromatic carbocycles. The number of carbonyl (C=O) groups excluding carboxylic acids is 9. The predicted molar refractivity (Wildman–Crippen MR) is 497 cm³/mol. The number of halogens is 2. The molecule has 742 valence electrons. The monoisotopic (exact) mass is 1960 g/mol. The van der Waals surface area contributed by atoms with Gasteiger partial charge in [0.25, 0.3) is 0 Å². The van der Waals surface area contributed by atoms with Gasteiger partial charge in [0.05, 0.1) is 23.3 Å². The molecule has 42 heteroatoms. The Hall–Kier alpha value is -12.9. The molecule has 8 heterocycles. The minimum atomic E-state index is -2.41. The highest BCUT2D eigenvalue weighted by Crippen LogP contribution is 2.51. The Morgan fingerprint density at radius 1 is 0.511 bits per heavy atom. The van der Waals surface area contributed by atoms with E-state index >= 15 is 33.6 Å². The number of phenolic OH excluding ortho intramolecular Hbond substituents is 4. The van der Waals surface area contributed by atoms with Crippen LogP contribution >= 0.6 is 23.2 Å². The van der Waals surface area contributed by atoms with E-state index in [4.69, 9.17) is 72.6 Å². The van der Waals surface area contributed by atoms with Crippen LogP contribution in [0.5, 0.6) is 69.0 Å². The summed E-state index contributed by atoms with van der Waals surface area (Å²) in [7, 11) is 0. The number of benzene rings is 8. The van der Waals surface area contributed by atoms with Crippen molar-refractivity contribution in [1.29, 1.82) is 0 Å². The summed E-state index contributed by atoms with van der Waals surface area (Å²) < 4.78 is 50.9. The van der Waals surface area contributed by atoms with Gasteiger partial charge in [-0.2, -0.15) is 0 Å². The van der Waals surface area contributed by atoms with E-state index in [0.29, 0.717) is 69.9 Å². The minimum Gasteiger partial charge on any atom is -0.508 e. The van der Waals surface area contributed by atoms with Crippen LogP contribution in [0.2, 0.25) is 10.0 Å². The Labute approximate surface area is 807 Å². The lowest BCUT2D eigenvalue weighted by Crippen LogP contribution is -2.65. The first-order valence-electron chi connectivity index (χ1n) is 45.6. The van der Waals surface area contributed by atoms with E-state index in [0.717, 1.165) is 86.0 Å². The van der Waals surface area contributed by atoms with Crippen LogP contribution in [0.1, 0.15) is 146 Å². The number of fused-ring (bicyclic) bond motifs is 14. The molecule has 24 N–H and O–H groups in total. The molecule has 40 nitrogen and oxygen atoms in total. The Morgan fingerprint density at radius 3 is 1.71 bits per heavy atom. The summed E-state index contributed by atoms with van der Waals surface area (Å²) in [5.74, 6) is -15.1. The van der Waals surface area contributed by atoms with Gasteiger partial charge < -0.3 is 158 Å². The van der Waals surface area contributed by atoms with E-state index in [1.807, 2.05) is 0 Å². The molecule has 17 atom stereocenters. The zero-order valence-corrected chi connectivity index (χ0v) is 77.1. The molecule has 9 amide bonds. The summed E-state index contributed by atoms with van der Waals surface area (Å²) in [6, 6.07) is 14.6. The number of hydrogen-bond acceptors (Lipinski definition) is 31. The fraction of sp³-hybridized carbons (Fsp3) is 0.412. The Kier molecular flexibility index (Phi) is 33.9. The number of unbranched alkanes of at least 4 members (excludes halogenated alkanes) is 3. The third-order valence-electron chi connectivity index (χ3n) is 24.5. The maximum Gasteiger partial charge on any atom is 0.408 e. The SMILES string of the molecule is CC(C)CCCCCCC(=O)N[C@H]1[C@H](Oc2c3cc4cc2Oc2ccc(cc2Cl)C[C@H]2NC(=O)[C@@H](NC(=O)OCc5ccccc5)c5ccc(O)c(c5)Oc5cc(O)cc(c5)[C@H](NC2=O)C(=O)N[C@H]4C(=O)N[C@H]2C(=O)N[C@@H](Cc4ccc(c(Cl)c4)O3)C(=O)N[C@@H](C(=O)NCCCN(CCCN)CCCN)c3cc(O)cc(O[C@H]4O[C@H](CO)[C@@H](O)[C@H](O)[C@@H]4O)c3-c3cc2ccc3O)O[C@H](CO)[C@@H](O)[C@@H]1O. The third kappa shape index (κ3) is 24.9. The lowest BCUT2D eigenvalue weighted by molar-refractivity contribution is -0.277. The minimum absolute atomic E-state index is 0.0673. The molecule has 0 unspecified atom stereocenters. The normalized spacial score (nSPS) is 24.1. The molecule has 0 saturated carbocycles. The van der Waals surface area contributed by atoms with Crippen molar-refractivity contribution < 1.29 is 137 Å². The van der Waals surface area contributed by atoms with Crippen LogP contribution in [0.3, 0.4) is 0 Å². The summed E-state index contributed by atoms with van der Waals surface area (Å²) in [6.07, 6.45) is -14.6. The summed E-state index contributed by atoms with van der Waals surface area (Å²) in [4.78, 5) is 143. The van der Waals surface area contributed by atoms with Crippen molar-refractivity contribution in [2.45, 2.75) is 195 Å². The Balaban J connectivity index is 0.969. The number of rotatable bonds is 28. The van der Waals surface area contributed by atoms with Gasteiger partial charge in [-0.3, -0.25) is 38.4 Å². The molecule has 2 fully saturated rings. The van der Waals surface area contributed by atoms with Crippen molar-refractivity contribution in [3.8, 4) is 80.1 Å². The molecule has 0 aliphatic carbocycles. The van der Waals surface area contributed by atoms with Gasteiger partial charge in [-0.15, -0.1) is 0 Å². The van der Waals surface area contributed by atoms with Crippen molar-refractivity contribution in [3.63, 3.8) is 0 Å². The number of carbonyl (C=O) groups is 9. The lowest BCUT2D eigenvalue weighted by atomic mass is 9.89. The maximum atomic E-state index is 17.0. The lowest BCUT2D eigenvalue weighted by Gasteiger charge is -2.42. The summed E-state index contributed by atoms with van der Waals surface area (Å²) in [5.41, 5.74) is 10.1. The molecule has 8 aliphatic rings. The molecule has 17 bridgehead atoms. The van der Waals surface area contributed by atoms with Gasteiger partial charge in [0.2, 0.25) is 65.6 Å². The van der Waals surface area contributed by atoms with E-state index in [9.17, 15) is 65.8 Å². The van der Waals surface area contributed by atoms with Gasteiger partial charge in [0.1, 0.15) is 138 Å². The van der Waals surface area contributed by atoms with Crippen LogP contribution in [-0.2, 0) is 72.0 Å². The average molecular weight is 1960 g/mol. The van der Waals surface area contributed by atoms with Gasteiger partial charge >= 0.3 is 6.09 Å². The molecule has 8 aliphatic heterocycles. The highest BCUT2D eigenvalue weighted by Gasteiger charge is 2.50. The first-order valence-corrected chi connectivity index (χ1v) is 46.4. The first-order chi connectivity index (χ1) is 66.7. The number of hydrogen-bond donors (Lipinski definition) is 22. The molecule has 139 heavy (non-hydrogen) atoms.